The predicted octanol–water partition coefficient (Wildman–Crippen LogP) is 3.84. The molecule has 1 amide bonds. The van der Waals surface area contributed by atoms with Gasteiger partial charge in [-0.25, -0.2) is 0 Å². The maximum Gasteiger partial charge on any atom is 0.238 e. The molecule has 1 aromatic rings. The number of hydrogen-bond acceptors (Lipinski definition) is 2. The van der Waals surface area contributed by atoms with Crippen molar-refractivity contribution >= 4 is 23.2 Å². The Morgan fingerprint density at radius 3 is 3.00 bits per heavy atom. The molecular formula is C16H23ClN2O. The topological polar surface area (TPSA) is 41.1 Å². The van der Waals surface area contributed by atoms with Crippen molar-refractivity contribution in [3.63, 3.8) is 0 Å². The molecule has 2 unspecified atom stereocenters. The number of hydrogen-bond donors (Lipinski definition) is 2. The summed E-state index contributed by atoms with van der Waals surface area (Å²) in [6, 6.07) is 7.71. The Balaban J connectivity index is 1.75. The van der Waals surface area contributed by atoms with Crippen LogP contribution in [0.2, 0.25) is 5.02 Å². The van der Waals surface area contributed by atoms with Gasteiger partial charge in [0, 0.05) is 16.8 Å². The highest BCUT2D eigenvalue weighted by molar-refractivity contribution is 6.30. The van der Waals surface area contributed by atoms with E-state index in [9.17, 15) is 4.79 Å². The van der Waals surface area contributed by atoms with E-state index in [-0.39, 0.29) is 5.91 Å². The lowest BCUT2D eigenvalue weighted by Crippen LogP contribution is -2.39. The van der Waals surface area contributed by atoms with Gasteiger partial charge in [-0.3, -0.25) is 4.79 Å². The molecule has 1 fully saturated rings. The van der Waals surface area contributed by atoms with E-state index in [2.05, 4.69) is 17.6 Å². The van der Waals surface area contributed by atoms with Crippen LogP contribution in [0.5, 0.6) is 0 Å². The minimum Gasteiger partial charge on any atom is -0.325 e. The van der Waals surface area contributed by atoms with Gasteiger partial charge in [0.25, 0.3) is 0 Å². The van der Waals surface area contributed by atoms with Crippen molar-refractivity contribution in [3.05, 3.63) is 29.3 Å². The average molecular weight is 295 g/mol. The van der Waals surface area contributed by atoms with E-state index in [1.54, 1.807) is 12.1 Å². The van der Waals surface area contributed by atoms with Gasteiger partial charge in [0.15, 0.2) is 0 Å². The fourth-order valence-corrected chi connectivity index (χ4v) is 3.05. The van der Waals surface area contributed by atoms with Crippen molar-refractivity contribution in [1.29, 1.82) is 0 Å². The zero-order chi connectivity index (χ0) is 14.4. The molecule has 1 aliphatic rings. The maximum atomic E-state index is 11.9. The van der Waals surface area contributed by atoms with E-state index in [0.717, 1.165) is 11.6 Å². The smallest absolute Gasteiger partial charge is 0.238 e. The van der Waals surface area contributed by atoms with E-state index in [4.69, 9.17) is 11.6 Å². The van der Waals surface area contributed by atoms with Crippen molar-refractivity contribution in [1.82, 2.24) is 5.32 Å². The summed E-state index contributed by atoms with van der Waals surface area (Å²) in [6.07, 6.45) is 6.23. The molecule has 2 atom stereocenters. The molecule has 2 N–H and O–H groups in total. The van der Waals surface area contributed by atoms with Crippen LogP contribution in [0.4, 0.5) is 5.69 Å². The van der Waals surface area contributed by atoms with Crippen LogP contribution >= 0.6 is 11.6 Å². The number of benzene rings is 1. The average Bonchev–Trinajstić information content (AvgIpc) is 2.45. The second-order valence-corrected chi connectivity index (χ2v) is 6.01. The zero-order valence-electron chi connectivity index (χ0n) is 12.0. The van der Waals surface area contributed by atoms with Crippen LogP contribution in [0.3, 0.4) is 0 Å². The van der Waals surface area contributed by atoms with Crippen LogP contribution in [0.15, 0.2) is 24.3 Å². The van der Waals surface area contributed by atoms with Gasteiger partial charge in [-0.05, 0) is 37.0 Å². The molecule has 1 aliphatic carbocycles. The van der Waals surface area contributed by atoms with Crippen LogP contribution in [0.1, 0.15) is 39.0 Å². The molecule has 1 aromatic carbocycles. The second kappa shape index (κ2) is 7.65. The Morgan fingerprint density at radius 1 is 1.40 bits per heavy atom. The van der Waals surface area contributed by atoms with Crippen molar-refractivity contribution < 1.29 is 4.79 Å². The summed E-state index contributed by atoms with van der Waals surface area (Å²) in [6.45, 7) is 2.62. The normalized spacial score (nSPS) is 22.5. The summed E-state index contributed by atoms with van der Waals surface area (Å²) in [7, 11) is 0. The summed E-state index contributed by atoms with van der Waals surface area (Å²) in [5.74, 6) is 0.808. The molecule has 3 nitrogen and oxygen atoms in total. The van der Waals surface area contributed by atoms with Gasteiger partial charge in [0.2, 0.25) is 5.91 Å². The molecule has 0 saturated heterocycles. The Bertz CT molecular complexity index is 450. The molecule has 0 bridgehead atoms. The summed E-state index contributed by atoms with van der Waals surface area (Å²) in [4.78, 5) is 11.9. The fourth-order valence-electron chi connectivity index (χ4n) is 2.86. The van der Waals surface area contributed by atoms with E-state index in [1.807, 2.05) is 12.1 Å². The summed E-state index contributed by atoms with van der Waals surface area (Å²) >= 11 is 5.89. The lowest BCUT2D eigenvalue weighted by molar-refractivity contribution is -0.115. The van der Waals surface area contributed by atoms with Gasteiger partial charge in [-0.2, -0.15) is 0 Å². The van der Waals surface area contributed by atoms with Crippen molar-refractivity contribution in [3.8, 4) is 0 Å². The molecule has 20 heavy (non-hydrogen) atoms. The van der Waals surface area contributed by atoms with Gasteiger partial charge in [0.05, 0.1) is 6.54 Å². The number of nitrogens with one attached hydrogen (secondary N) is 2. The first-order valence-electron chi connectivity index (χ1n) is 7.46. The Labute approximate surface area is 126 Å². The number of halogens is 1. The van der Waals surface area contributed by atoms with Crippen molar-refractivity contribution in [2.45, 2.75) is 45.1 Å². The fraction of sp³-hybridized carbons (Fsp3) is 0.562. The molecular weight excluding hydrogens is 272 g/mol. The van der Waals surface area contributed by atoms with Gasteiger partial charge in [0.1, 0.15) is 0 Å². The highest BCUT2D eigenvalue weighted by Crippen LogP contribution is 2.26. The number of amides is 1. The Morgan fingerprint density at radius 2 is 2.25 bits per heavy atom. The molecule has 4 heteroatoms. The maximum absolute atomic E-state index is 11.9. The number of carbonyl (C=O) groups is 1. The number of anilines is 1. The molecule has 1 saturated carbocycles. The molecule has 2 rings (SSSR count). The van der Waals surface area contributed by atoms with Gasteiger partial charge < -0.3 is 10.6 Å². The van der Waals surface area contributed by atoms with Crippen molar-refractivity contribution in [2.75, 3.05) is 11.9 Å². The van der Waals surface area contributed by atoms with E-state index in [1.165, 1.54) is 32.1 Å². The van der Waals surface area contributed by atoms with E-state index >= 15 is 0 Å². The molecule has 0 radical (unpaired) electrons. The van der Waals surface area contributed by atoms with Crippen LogP contribution < -0.4 is 10.6 Å². The molecule has 0 aromatic heterocycles. The first-order chi connectivity index (χ1) is 9.67. The molecule has 0 aliphatic heterocycles. The summed E-state index contributed by atoms with van der Waals surface area (Å²) < 4.78 is 0. The number of carbonyl (C=O) groups excluding carboxylic acids is 1. The third-order valence-corrected chi connectivity index (χ3v) is 4.25. The predicted molar refractivity (Wildman–Crippen MR) is 84.1 cm³/mol. The standard InChI is InChI=1S/C16H23ClN2O/c1-2-12-5-3-7-14(9-12)18-11-16(20)19-15-8-4-6-13(17)10-15/h4,6,8,10,12,14,18H,2-3,5,7,9,11H2,1H3,(H,19,20). The number of rotatable bonds is 5. The lowest BCUT2D eigenvalue weighted by Gasteiger charge is -2.29. The van der Waals surface area contributed by atoms with Crippen LogP contribution in [-0.4, -0.2) is 18.5 Å². The van der Waals surface area contributed by atoms with E-state index < -0.39 is 0 Å². The SMILES string of the molecule is CCC1CCCC(NCC(=O)Nc2cccc(Cl)c2)C1. The van der Waals surface area contributed by atoms with Crippen molar-refractivity contribution in [2.24, 2.45) is 5.92 Å². The highest BCUT2D eigenvalue weighted by Gasteiger charge is 2.20. The van der Waals surface area contributed by atoms with Gasteiger partial charge in [-0.1, -0.05) is 43.9 Å². The minimum atomic E-state index is -0.00844. The largest absolute Gasteiger partial charge is 0.325 e. The van der Waals surface area contributed by atoms with Crippen LogP contribution in [0, 0.1) is 5.92 Å². The minimum absolute atomic E-state index is 0.00844. The van der Waals surface area contributed by atoms with Gasteiger partial charge >= 0.3 is 0 Å². The van der Waals surface area contributed by atoms with E-state index in [0.29, 0.717) is 17.6 Å². The molecule has 0 heterocycles. The van der Waals surface area contributed by atoms with Crippen LogP contribution in [0.25, 0.3) is 0 Å². The monoisotopic (exact) mass is 294 g/mol. The summed E-state index contributed by atoms with van der Waals surface area (Å²) in [5.41, 5.74) is 0.749. The van der Waals surface area contributed by atoms with Crippen LogP contribution in [-0.2, 0) is 4.79 Å². The Kier molecular flexibility index (Phi) is 5.86. The highest BCUT2D eigenvalue weighted by atomic mass is 35.5. The molecule has 110 valence electrons. The second-order valence-electron chi connectivity index (χ2n) is 5.58. The zero-order valence-corrected chi connectivity index (χ0v) is 12.7. The first-order valence-corrected chi connectivity index (χ1v) is 7.84. The quantitative estimate of drug-likeness (QED) is 0.866. The third-order valence-electron chi connectivity index (χ3n) is 4.02. The first kappa shape index (κ1) is 15.3. The third kappa shape index (κ3) is 4.80. The molecule has 0 spiro atoms. The van der Waals surface area contributed by atoms with Gasteiger partial charge in [-0.15, -0.1) is 0 Å². The lowest BCUT2D eigenvalue weighted by atomic mass is 9.84. The summed E-state index contributed by atoms with van der Waals surface area (Å²) in [5, 5.41) is 6.87. The Hall–Kier alpha value is -1.06.